The van der Waals surface area contributed by atoms with E-state index in [0.717, 1.165) is 38.5 Å². The molecule has 0 spiro atoms. The van der Waals surface area contributed by atoms with Crippen LogP contribution in [0.1, 0.15) is 194 Å². The monoisotopic (exact) mass is 663 g/mol. The number of unbranched alkanes of at least 4 members (excludes halogenated alkanes) is 24. The minimum absolute atomic E-state index is 0.0921. The summed E-state index contributed by atoms with van der Waals surface area (Å²) in [4.78, 5) is 22.6. The summed E-state index contributed by atoms with van der Waals surface area (Å²) in [6, 6.07) is -0.765. The first-order valence-corrected chi connectivity index (χ1v) is 20.6. The van der Waals surface area contributed by atoms with E-state index in [-0.39, 0.29) is 25.7 Å². The maximum absolute atomic E-state index is 12.7. The molecule has 0 aromatic heterocycles. The largest absolute Gasteiger partial charge is 0.472 e. The van der Waals surface area contributed by atoms with Gasteiger partial charge in [0.25, 0.3) is 0 Å². The van der Waals surface area contributed by atoms with E-state index in [1.165, 1.54) is 128 Å². The molecule has 5 N–H and O–H groups in total. The third-order valence-corrected chi connectivity index (χ3v) is 9.70. The Bertz CT molecular complexity index is 684. The van der Waals surface area contributed by atoms with E-state index < -0.39 is 20.0 Å². The minimum atomic E-state index is -4.30. The van der Waals surface area contributed by atoms with Gasteiger partial charge in [-0.05, 0) is 12.8 Å². The molecule has 8 nitrogen and oxygen atoms in total. The molecule has 0 radical (unpaired) electrons. The fourth-order valence-corrected chi connectivity index (χ4v) is 6.54. The van der Waals surface area contributed by atoms with Gasteiger partial charge in [0.15, 0.2) is 0 Å². The van der Waals surface area contributed by atoms with Crippen LogP contribution >= 0.6 is 7.82 Å². The maximum Gasteiger partial charge on any atom is 0.472 e. The van der Waals surface area contributed by atoms with Crippen LogP contribution < -0.4 is 11.1 Å². The molecular weight excluding hydrogens is 587 g/mol. The Kier molecular flexibility index (Phi) is 33.0. The molecule has 270 valence electrons. The number of rotatable bonds is 36. The van der Waals surface area contributed by atoms with Crippen molar-refractivity contribution in [1.82, 2.24) is 5.32 Å². The summed E-state index contributed by atoms with van der Waals surface area (Å²) >= 11 is 0. The summed E-state index contributed by atoms with van der Waals surface area (Å²) in [5, 5.41) is 13.7. The van der Waals surface area contributed by atoms with Gasteiger partial charge in [0, 0.05) is 13.0 Å². The van der Waals surface area contributed by atoms with E-state index in [9.17, 15) is 19.4 Å². The number of aliphatic hydroxyl groups excluding tert-OH is 1. The topological polar surface area (TPSA) is 131 Å². The van der Waals surface area contributed by atoms with Crippen LogP contribution in [-0.4, -0.2) is 47.8 Å². The van der Waals surface area contributed by atoms with Gasteiger partial charge in [-0.15, -0.1) is 0 Å². The predicted octanol–water partition coefficient (Wildman–Crippen LogP) is 9.89. The number of aliphatic hydroxyl groups is 1. The minimum Gasteiger partial charge on any atom is -0.391 e. The molecule has 9 heteroatoms. The van der Waals surface area contributed by atoms with Crippen molar-refractivity contribution in [3.8, 4) is 0 Å². The van der Waals surface area contributed by atoms with Crippen LogP contribution in [0.5, 0.6) is 0 Å². The van der Waals surface area contributed by atoms with Crippen molar-refractivity contribution in [2.24, 2.45) is 5.73 Å². The lowest BCUT2D eigenvalue weighted by Gasteiger charge is -2.25. The van der Waals surface area contributed by atoms with Crippen molar-refractivity contribution < 1.29 is 28.4 Å². The van der Waals surface area contributed by atoms with Crippen molar-refractivity contribution in [1.29, 1.82) is 0 Å². The molecule has 1 amide bonds. The number of carbonyl (C=O) groups is 1. The Morgan fingerprint density at radius 3 is 1.42 bits per heavy atom. The molecule has 0 aliphatic carbocycles. The smallest absolute Gasteiger partial charge is 0.391 e. The molecular formula is C36H75N2O6P. The second kappa shape index (κ2) is 33.4. The van der Waals surface area contributed by atoms with Crippen molar-refractivity contribution >= 4 is 13.7 Å². The molecule has 3 atom stereocenters. The molecule has 45 heavy (non-hydrogen) atoms. The van der Waals surface area contributed by atoms with Crippen LogP contribution in [0, 0.1) is 0 Å². The summed E-state index contributed by atoms with van der Waals surface area (Å²) in [5.74, 6) is -0.162. The van der Waals surface area contributed by atoms with E-state index in [1.807, 2.05) is 0 Å². The quantitative estimate of drug-likeness (QED) is 0.0388. The van der Waals surface area contributed by atoms with E-state index in [1.54, 1.807) is 0 Å². The van der Waals surface area contributed by atoms with Gasteiger partial charge >= 0.3 is 7.82 Å². The van der Waals surface area contributed by atoms with Gasteiger partial charge < -0.3 is 21.1 Å². The van der Waals surface area contributed by atoms with Crippen molar-refractivity contribution in [3.63, 3.8) is 0 Å². The predicted molar refractivity (Wildman–Crippen MR) is 189 cm³/mol. The number of amides is 1. The highest BCUT2D eigenvalue weighted by atomic mass is 31.2. The van der Waals surface area contributed by atoms with Gasteiger partial charge in [-0.1, -0.05) is 174 Å². The zero-order chi connectivity index (χ0) is 33.3. The highest BCUT2D eigenvalue weighted by molar-refractivity contribution is 7.47. The number of carbonyl (C=O) groups excluding carboxylic acids is 1. The van der Waals surface area contributed by atoms with E-state index >= 15 is 0 Å². The summed E-state index contributed by atoms with van der Waals surface area (Å²) in [5.41, 5.74) is 5.36. The zero-order valence-electron chi connectivity index (χ0n) is 29.6. The first-order chi connectivity index (χ1) is 21.9. The molecule has 0 aromatic carbocycles. The van der Waals surface area contributed by atoms with E-state index in [2.05, 4.69) is 19.2 Å². The van der Waals surface area contributed by atoms with Gasteiger partial charge in [0.05, 0.1) is 25.4 Å². The highest BCUT2D eigenvalue weighted by Gasteiger charge is 2.27. The second-order valence-corrected chi connectivity index (χ2v) is 14.6. The molecule has 0 heterocycles. The van der Waals surface area contributed by atoms with Gasteiger partial charge in [-0.2, -0.15) is 0 Å². The third-order valence-electron chi connectivity index (χ3n) is 8.71. The van der Waals surface area contributed by atoms with Crippen LogP contribution in [0.25, 0.3) is 0 Å². The fraction of sp³-hybridized carbons (Fsp3) is 0.972. The lowest BCUT2D eigenvalue weighted by atomic mass is 10.0. The lowest BCUT2D eigenvalue weighted by Crippen LogP contribution is -2.46. The average molecular weight is 663 g/mol. The summed E-state index contributed by atoms with van der Waals surface area (Å²) < 4.78 is 22.1. The molecule has 0 rings (SSSR count). The maximum atomic E-state index is 12.7. The Morgan fingerprint density at radius 1 is 0.644 bits per heavy atom. The van der Waals surface area contributed by atoms with E-state index in [0.29, 0.717) is 12.8 Å². The van der Waals surface area contributed by atoms with Crippen molar-refractivity contribution in [2.45, 2.75) is 206 Å². The van der Waals surface area contributed by atoms with Gasteiger partial charge in [-0.3, -0.25) is 13.8 Å². The number of nitrogens with two attached hydrogens (primary N) is 1. The van der Waals surface area contributed by atoms with E-state index in [4.69, 9.17) is 14.8 Å². The molecule has 0 fully saturated rings. The number of hydrogen-bond donors (Lipinski definition) is 4. The average Bonchev–Trinajstić information content (AvgIpc) is 3.02. The van der Waals surface area contributed by atoms with Gasteiger partial charge in [0.2, 0.25) is 5.91 Å². The van der Waals surface area contributed by atoms with Crippen molar-refractivity contribution in [2.75, 3.05) is 19.8 Å². The molecule has 0 saturated heterocycles. The van der Waals surface area contributed by atoms with Crippen LogP contribution in [0.4, 0.5) is 0 Å². The number of phosphoric acid groups is 1. The van der Waals surface area contributed by atoms with Crippen LogP contribution in [0.3, 0.4) is 0 Å². The van der Waals surface area contributed by atoms with Gasteiger partial charge in [0.1, 0.15) is 0 Å². The molecule has 0 bridgehead atoms. The summed E-state index contributed by atoms with van der Waals surface area (Å²) in [6.45, 7) is 4.20. The van der Waals surface area contributed by atoms with Crippen LogP contribution in [-0.2, 0) is 18.4 Å². The standard InChI is InChI=1S/C36H75N2O6P/c1-3-5-7-9-11-13-15-16-17-18-19-20-21-23-25-27-29-35(39)34(33-44-45(41,42)43-32-31-37)38-36(40)30-28-26-24-22-14-12-10-8-6-4-2/h34-35,39H,3-33,37H2,1-2H3,(H,38,40)(H,41,42). The Hall–Kier alpha value is -0.500. The first-order valence-electron chi connectivity index (χ1n) is 19.2. The van der Waals surface area contributed by atoms with Gasteiger partial charge in [-0.25, -0.2) is 4.57 Å². The highest BCUT2D eigenvalue weighted by Crippen LogP contribution is 2.43. The normalized spacial score (nSPS) is 14.3. The Morgan fingerprint density at radius 2 is 1.02 bits per heavy atom. The number of nitrogens with one attached hydrogen (secondary N) is 1. The Balaban J connectivity index is 4.19. The fourth-order valence-electron chi connectivity index (χ4n) is 5.78. The number of hydrogen-bond acceptors (Lipinski definition) is 6. The first kappa shape index (κ1) is 44.5. The molecule has 0 saturated carbocycles. The summed E-state index contributed by atoms with van der Waals surface area (Å²) in [6.07, 6.45) is 32.5. The SMILES string of the molecule is CCCCCCCCCCCCCCCCCCC(O)C(COP(=O)(O)OCCN)NC(=O)CCCCCCCCCCCC. The van der Waals surface area contributed by atoms with Crippen LogP contribution in [0.2, 0.25) is 0 Å². The molecule has 0 aliphatic rings. The number of phosphoric ester groups is 1. The van der Waals surface area contributed by atoms with Crippen LogP contribution in [0.15, 0.2) is 0 Å². The van der Waals surface area contributed by atoms with Crippen molar-refractivity contribution in [3.05, 3.63) is 0 Å². The summed E-state index contributed by atoms with van der Waals surface area (Å²) in [7, 11) is -4.30. The zero-order valence-corrected chi connectivity index (χ0v) is 30.5. The third kappa shape index (κ3) is 31.8. The second-order valence-electron chi connectivity index (χ2n) is 13.2. The molecule has 3 unspecified atom stereocenters. The molecule has 0 aliphatic heterocycles. The molecule has 0 aromatic rings. The Labute approximate surface area is 278 Å². The lowest BCUT2D eigenvalue weighted by molar-refractivity contribution is -0.123.